The summed E-state index contributed by atoms with van der Waals surface area (Å²) in [4.78, 5) is 0. The molecule has 0 heterocycles. The molecule has 2 saturated carbocycles. The Morgan fingerprint density at radius 1 is 1.13 bits per heavy atom. The van der Waals surface area contributed by atoms with Crippen LogP contribution < -0.4 is 5.32 Å². The van der Waals surface area contributed by atoms with Crippen molar-refractivity contribution in [3.05, 3.63) is 0 Å². The lowest BCUT2D eigenvalue weighted by Crippen LogP contribution is -2.46. The van der Waals surface area contributed by atoms with Crippen LogP contribution in [0.25, 0.3) is 0 Å². The molecule has 0 aromatic carbocycles. The summed E-state index contributed by atoms with van der Waals surface area (Å²) in [6.07, 6.45) is 9.96. The number of nitrogens with one attached hydrogen (secondary N) is 1. The Labute approximate surface area is 95.0 Å². The van der Waals surface area contributed by atoms with E-state index in [1.165, 1.54) is 51.5 Å². The Bertz CT molecular complexity index is 215. The van der Waals surface area contributed by atoms with Crippen LogP contribution in [-0.2, 0) is 0 Å². The second-order valence-corrected chi connectivity index (χ2v) is 6.52. The van der Waals surface area contributed by atoms with E-state index in [0.717, 1.165) is 6.04 Å². The van der Waals surface area contributed by atoms with Crippen LogP contribution in [-0.4, -0.2) is 12.6 Å². The first-order chi connectivity index (χ1) is 7.08. The molecule has 2 fully saturated rings. The highest BCUT2D eigenvalue weighted by atomic mass is 15.0. The van der Waals surface area contributed by atoms with E-state index in [9.17, 15) is 0 Å². The summed E-state index contributed by atoms with van der Waals surface area (Å²) in [7, 11) is 0. The summed E-state index contributed by atoms with van der Waals surface area (Å²) >= 11 is 0. The van der Waals surface area contributed by atoms with Crippen LogP contribution in [0, 0.1) is 10.8 Å². The maximum absolute atomic E-state index is 3.87. The fourth-order valence-corrected chi connectivity index (χ4v) is 3.04. The van der Waals surface area contributed by atoms with E-state index in [1.54, 1.807) is 0 Å². The maximum atomic E-state index is 3.87. The molecule has 0 spiro atoms. The molecule has 0 bridgehead atoms. The zero-order valence-electron chi connectivity index (χ0n) is 10.7. The van der Waals surface area contributed by atoms with Crippen LogP contribution in [0.15, 0.2) is 0 Å². The fourth-order valence-electron chi connectivity index (χ4n) is 3.04. The molecule has 1 atom stereocenters. The van der Waals surface area contributed by atoms with Gasteiger partial charge in [0.15, 0.2) is 0 Å². The minimum atomic E-state index is 0.530. The summed E-state index contributed by atoms with van der Waals surface area (Å²) in [6, 6.07) is 0.773. The van der Waals surface area contributed by atoms with E-state index in [4.69, 9.17) is 0 Å². The number of hydrogen-bond donors (Lipinski definition) is 1. The number of hydrogen-bond acceptors (Lipinski definition) is 1. The van der Waals surface area contributed by atoms with Crippen LogP contribution in [0.3, 0.4) is 0 Å². The molecule has 1 N–H and O–H groups in total. The predicted octanol–water partition coefficient (Wildman–Crippen LogP) is 3.74. The Hall–Kier alpha value is -0.0400. The molecule has 0 aliphatic heterocycles. The molecule has 1 heteroatoms. The quantitative estimate of drug-likeness (QED) is 0.744. The van der Waals surface area contributed by atoms with Gasteiger partial charge in [-0.2, -0.15) is 0 Å². The van der Waals surface area contributed by atoms with Crippen molar-refractivity contribution >= 4 is 0 Å². The maximum Gasteiger partial charge on any atom is 0.0118 e. The molecule has 2 aliphatic rings. The highest BCUT2D eigenvalue weighted by molar-refractivity contribution is 4.96. The van der Waals surface area contributed by atoms with Crippen molar-refractivity contribution in [1.82, 2.24) is 5.32 Å². The van der Waals surface area contributed by atoms with Crippen molar-refractivity contribution in [2.24, 2.45) is 10.8 Å². The van der Waals surface area contributed by atoms with Crippen molar-refractivity contribution in [2.45, 2.75) is 71.8 Å². The van der Waals surface area contributed by atoms with Gasteiger partial charge in [-0.3, -0.25) is 0 Å². The molecule has 0 aromatic heterocycles. The van der Waals surface area contributed by atoms with Gasteiger partial charge in [0, 0.05) is 12.6 Å². The molecule has 0 radical (unpaired) electrons. The van der Waals surface area contributed by atoms with E-state index >= 15 is 0 Å². The van der Waals surface area contributed by atoms with E-state index < -0.39 is 0 Å². The van der Waals surface area contributed by atoms with Crippen LogP contribution in [0.5, 0.6) is 0 Å². The highest BCUT2D eigenvalue weighted by Crippen LogP contribution is 2.48. The third-order valence-electron chi connectivity index (χ3n) is 4.94. The second-order valence-electron chi connectivity index (χ2n) is 6.52. The van der Waals surface area contributed by atoms with Crippen molar-refractivity contribution < 1.29 is 0 Å². The Morgan fingerprint density at radius 3 is 2.40 bits per heavy atom. The predicted molar refractivity (Wildman–Crippen MR) is 66.0 cm³/mol. The molecular weight excluding hydrogens is 182 g/mol. The highest BCUT2D eigenvalue weighted by Gasteiger charge is 2.42. The average Bonchev–Trinajstić information content (AvgIpc) is 2.96. The molecule has 2 aliphatic carbocycles. The average molecular weight is 209 g/mol. The Morgan fingerprint density at radius 2 is 1.87 bits per heavy atom. The fraction of sp³-hybridized carbons (Fsp3) is 1.00. The molecule has 1 nitrogen and oxygen atoms in total. The minimum Gasteiger partial charge on any atom is -0.313 e. The summed E-state index contributed by atoms with van der Waals surface area (Å²) in [5.41, 5.74) is 1.23. The molecule has 15 heavy (non-hydrogen) atoms. The lowest BCUT2D eigenvalue weighted by Gasteiger charge is -2.40. The van der Waals surface area contributed by atoms with E-state index in [-0.39, 0.29) is 0 Å². The zero-order valence-corrected chi connectivity index (χ0v) is 10.7. The lowest BCUT2D eigenvalue weighted by molar-refractivity contribution is 0.160. The van der Waals surface area contributed by atoms with Gasteiger partial charge in [-0.1, -0.05) is 33.6 Å². The van der Waals surface area contributed by atoms with Gasteiger partial charge >= 0.3 is 0 Å². The van der Waals surface area contributed by atoms with Gasteiger partial charge in [0.25, 0.3) is 0 Å². The number of rotatable bonds is 4. The molecule has 1 unspecified atom stereocenters. The Balaban J connectivity index is 1.82. The van der Waals surface area contributed by atoms with Gasteiger partial charge in [0.05, 0.1) is 0 Å². The van der Waals surface area contributed by atoms with Gasteiger partial charge in [-0.15, -0.1) is 0 Å². The first-order valence-corrected chi connectivity index (χ1v) is 6.81. The second kappa shape index (κ2) is 4.08. The standard InChI is InChI=1S/C14H27N/c1-4-14(9-10-14)11-15-12-7-5-6-8-13(12,2)3/h12,15H,4-11H2,1-3H3. The van der Waals surface area contributed by atoms with Gasteiger partial charge < -0.3 is 5.32 Å². The molecule has 0 saturated heterocycles. The van der Waals surface area contributed by atoms with Gasteiger partial charge in [-0.25, -0.2) is 0 Å². The molecular formula is C14H27N. The summed E-state index contributed by atoms with van der Waals surface area (Å²) in [6.45, 7) is 8.50. The van der Waals surface area contributed by atoms with Gasteiger partial charge in [0.2, 0.25) is 0 Å². The van der Waals surface area contributed by atoms with E-state index in [0.29, 0.717) is 10.8 Å². The molecule has 88 valence electrons. The van der Waals surface area contributed by atoms with Crippen molar-refractivity contribution in [3.63, 3.8) is 0 Å². The monoisotopic (exact) mass is 209 g/mol. The first-order valence-electron chi connectivity index (χ1n) is 6.81. The molecule has 2 rings (SSSR count). The topological polar surface area (TPSA) is 12.0 Å². The van der Waals surface area contributed by atoms with Crippen LogP contribution in [0.4, 0.5) is 0 Å². The smallest absolute Gasteiger partial charge is 0.0118 e. The SMILES string of the molecule is CCC1(CNC2CCCCC2(C)C)CC1. The zero-order chi connectivity index (χ0) is 10.9. The normalized spacial score (nSPS) is 32.6. The van der Waals surface area contributed by atoms with Crippen molar-refractivity contribution in [1.29, 1.82) is 0 Å². The largest absolute Gasteiger partial charge is 0.313 e. The summed E-state index contributed by atoms with van der Waals surface area (Å²) in [5.74, 6) is 0. The lowest BCUT2D eigenvalue weighted by atomic mass is 9.73. The van der Waals surface area contributed by atoms with Crippen LogP contribution >= 0.6 is 0 Å². The van der Waals surface area contributed by atoms with Crippen LogP contribution in [0.1, 0.15) is 65.7 Å². The first kappa shape index (κ1) is 11.4. The van der Waals surface area contributed by atoms with E-state index in [1.807, 2.05) is 0 Å². The third kappa shape index (κ3) is 2.55. The molecule has 0 aromatic rings. The van der Waals surface area contributed by atoms with E-state index in [2.05, 4.69) is 26.1 Å². The third-order valence-corrected chi connectivity index (χ3v) is 4.94. The van der Waals surface area contributed by atoms with Crippen molar-refractivity contribution in [2.75, 3.05) is 6.54 Å². The Kier molecular flexibility index (Phi) is 3.12. The van der Waals surface area contributed by atoms with Crippen molar-refractivity contribution in [3.8, 4) is 0 Å². The summed E-state index contributed by atoms with van der Waals surface area (Å²) in [5, 5.41) is 3.87. The molecule has 0 amide bonds. The van der Waals surface area contributed by atoms with Gasteiger partial charge in [0.1, 0.15) is 0 Å². The summed E-state index contributed by atoms with van der Waals surface area (Å²) < 4.78 is 0. The minimum absolute atomic E-state index is 0.530. The van der Waals surface area contributed by atoms with Gasteiger partial charge in [-0.05, 0) is 42.9 Å². The van der Waals surface area contributed by atoms with Crippen LogP contribution in [0.2, 0.25) is 0 Å².